The van der Waals surface area contributed by atoms with Crippen molar-refractivity contribution in [3.05, 3.63) is 54.3 Å². The van der Waals surface area contributed by atoms with E-state index in [1.165, 1.54) is 40.7 Å². The Morgan fingerprint density at radius 3 is 2.69 bits per heavy atom. The van der Waals surface area contributed by atoms with E-state index in [0.29, 0.717) is 22.3 Å². The van der Waals surface area contributed by atoms with Crippen molar-refractivity contribution in [1.82, 2.24) is 20.2 Å². The van der Waals surface area contributed by atoms with E-state index >= 15 is 0 Å². The molecule has 0 unspecified atom stereocenters. The van der Waals surface area contributed by atoms with E-state index in [4.69, 9.17) is 4.74 Å². The average molecular weight is 373 g/mol. The minimum absolute atomic E-state index is 0.240. The Morgan fingerprint density at radius 2 is 1.96 bits per heavy atom. The van der Waals surface area contributed by atoms with Crippen molar-refractivity contribution >= 4 is 23.4 Å². The summed E-state index contributed by atoms with van der Waals surface area (Å²) < 4.78 is 19.8. The summed E-state index contributed by atoms with van der Waals surface area (Å²) in [4.78, 5) is 12.4. The summed E-state index contributed by atoms with van der Waals surface area (Å²) in [6, 6.07) is 12.9. The first-order valence-electron chi connectivity index (χ1n) is 7.73. The van der Waals surface area contributed by atoms with Crippen LogP contribution in [-0.2, 0) is 4.79 Å². The predicted octanol–water partition coefficient (Wildman–Crippen LogP) is 2.93. The van der Waals surface area contributed by atoms with Crippen molar-refractivity contribution in [3.8, 4) is 11.4 Å². The molecule has 0 saturated carbocycles. The van der Waals surface area contributed by atoms with E-state index in [-0.39, 0.29) is 11.7 Å². The molecule has 3 aromatic rings. The van der Waals surface area contributed by atoms with Crippen LogP contribution < -0.4 is 10.1 Å². The van der Waals surface area contributed by atoms with Gasteiger partial charge in [-0.25, -0.2) is 4.39 Å². The van der Waals surface area contributed by atoms with Gasteiger partial charge in [0.2, 0.25) is 11.1 Å². The molecule has 0 aliphatic carbocycles. The second-order valence-corrected chi connectivity index (χ2v) is 6.61. The number of amides is 1. The molecule has 134 valence electrons. The number of carbonyl (C=O) groups excluding carboxylic acids is 1. The third-order valence-electron chi connectivity index (χ3n) is 3.52. The monoisotopic (exact) mass is 373 g/mol. The second-order valence-electron chi connectivity index (χ2n) is 5.30. The van der Waals surface area contributed by atoms with Crippen molar-refractivity contribution in [2.24, 2.45) is 0 Å². The summed E-state index contributed by atoms with van der Waals surface area (Å²) in [5.41, 5.74) is 1.20. The van der Waals surface area contributed by atoms with Gasteiger partial charge in [-0.15, -0.1) is 5.10 Å². The third-order valence-corrected chi connectivity index (χ3v) is 4.55. The van der Waals surface area contributed by atoms with Crippen LogP contribution in [0.4, 0.5) is 10.1 Å². The predicted molar refractivity (Wildman–Crippen MR) is 96.1 cm³/mol. The Bertz CT molecular complexity index is 900. The number of thioether (sulfide) groups is 1. The van der Waals surface area contributed by atoms with Gasteiger partial charge < -0.3 is 10.1 Å². The van der Waals surface area contributed by atoms with Crippen molar-refractivity contribution in [3.63, 3.8) is 0 Å². The summed E-state index contributed by atoms with van der Waals surface area (Å²) >= 11 is 1.21. The Morgan fingerprint density at radius 1 is 1.23 bits per heavy atom. The highest BCUT2D eigenvalue weighted by Gasteiger charge is 2.20. The first-order valence-corrected chi connectivity index (χ1v) is 8.61. The van der Waals surface area contributed by atoms with Gasteiger partial charge in [-0.3, -0.25) is 4.79 Å². The Kier molecular flexibility index (Phi) is 5.47. The number of rotatable bonds is 6. The van der Waals surface area contributed by atoms with Gasteiger partial charge in [-0.1, -0.05) is 23.9 Å². The summed E-state index contributed by atoms with van der Waals surface area (Å²) in [5.74, 6) is 0.0164. The zero-order valence-electron chi connectivity index (χ0n) is 14.1. The molecule has 9 heteroatoms. The van der Waals surface area contributed by atoms with Crippen LogP contribution in [0.1, 0.15) is 6.92 Å². The number of nitrogens with zero attached hydrogens (tertiary/aromatic N) is 4. The normalized spacial score (nSPS) is 11.8. The lowest BCUT2D eigenvalue weighted by Crippen LogP contribution is -2.23. The molecule has 0 spiro atoms. The number of halogens is 1. The lowest BCUT2D eigenvalue weighted by atomic mass is 10.3. The fourth-order valence-electron chi connectivity index (χ4n) is 2.20. The minimum Gasteiger partial charge on any atom is -0.494 e. The molecule has 2 aromatic carbocycles. The summed E-state index contributed by atoms with van der Waals surface area (Å²) in [6.07, 6.45) is 0. The molecular formula is C17H16FN5O2S. The number of methoxy groups -OCH3 is 1. The standard InChI is InChI=1S/C17H16FN5O2S/c1-11(16(24)19-13-9-7-12(18)8-10-13)26-17-20-21-22-23(17)14-5-3-4-6-15(14)25-2/h3-11H,1-2H3,(H,19,24)/t11-/m1/s1. The van der Waals surface area contributed by atoms with Gasteiger partial charge in [0.05, 0.1) is 12.4 Å². The van der Waals surface area contributed by atoms with E-state index in [1.807, 2.05) is 18.2 Å². The Balaban J connectivity index is 1.74. The summed E-state index contributed by atoms with van der Waals surface area (Å²) in [5, 5.41) is 14.4. The van der Waals surface area contributed by atoms with Crippen LogP contribution in [0.15, 0.2) is 53.7 Å². The van der Waals surface area contributed by atoms with E-state index in [0.717, 1.165) is 0 Å². The maximum absolute atomic E-state index is 13.0. The molecule has 0 saturated heterocycles. The van der Waals surface area contributed by atoms with Crippen molar-refractivity contribution < 1.29 is 13.9 Å². The summed E-state index contributed by atoms with van der Waals surface area (Å²) in [6.45, 7) is 1.74. The van der Waals surface area contributed by atoms with Gasteiger partial charge in [-0.2, -0.15) is 4.68 Å². The maximum Gasteiger partial charge on any atom is 0.237 e. The quantitative estimate of drug-likeness (QED) is 0.669. The molecule has 1 N–H and O–H groups in total. The molecule has 1 heterocycles. The molecule has 26 heavy (non-hydrogen) atoms. The van der Waals surface area contributed by atoms with E-state index in [2.05, 4.69) is 20.8 Å². The molecular weight excluding hydrogens is 357 g/mol. The van der Waals surface area contributed by atoms with Crippen LogP contribution in [-0.4, -0.2) is 38.5 Å². The largest absolute Gasteiger partial charge is 0.494 e. The van der Waals surface area contributed by atoms with Crippen molar-refractivity contribution in [2.75, 3.05) is 12.4 Å². The van der Waals surface area contributed by atoms with Crippen molar-refractivity contribution in [1.29, 1.82) is 0 Å². The average Bonchev–Trinajstić information content (AvgIpc) is 3.11. The highest BCUT2D eigenvalue weighted by Crippen LogP contribution is 2.28. The number of hydrogen-bond acceptors (Lipinski definition) is 6. The van der Waals surface area contributed by atoms with Gasteiger partial charge in [-0.05, 0) is 53.7 Å². The molecule has 1 aromatic heterocycles. The fourth-order valence-corrected chi connectivity index (χ4v) is 3.00. The van der Waals surface area contributed by atoms with Crippen molar-refractivity contribution in [2.45, 2.75) is 17.3 Å². The number of anilines is 1. The lowest BCUT2D eigenvalue weighted by molar-refractivity contribution is -0.115. The number of para-hydroxylation sites is 2. The number of nitrogens with one attached hydrogen (secondary N) is 1. The zero-order valence-corrected chi connectivity index (χ0v) is 14.9. The van der Waals surface area contributed by atoms with E-state index < -0.39 is 5.25 Å². The number of benzene rings is 2. The molecule has 7 nitrogen and oxygen atoms in total. The molecule has 0 fully saturated rings. The van der Waals surface area contributed by atoms with Gasteiger partial charge >= 0.3 is 0 Å². The summed E-state index contributed by atoms with van der Waals surface area (Å²) in [7, 11) is 1.56. The second kappa shape index (κ2) is 7.96. The van der Waals surface area contributed by atoms with Gasteiger partial charge in [0.1, 0.15) is 17.3 Å². The van der Waals surface area contributed by atoms with Crippen LogP contribution in [0.25, 0.3) is 5.69 Å². The highest BCUT2D eigenvalue weighted by molar-refractivity contribution is 8.00. The number of hydrogen-bond donors (Lipinski definition) is 1. The SMILES string of the molecule is COc1ccccc1-n1nnnc1S[C@H](C)C(=O)Nc1ccc(F)cc1. The highest BCUT2D eigenvalue weighted by atomic mass is 32.2. The Labute approximate surface area is 153 Å². The molecule has 1 atom stereocenters. The molecule has 0 bridgehead atoms. The molecule has 0 aliphatic heterocycles. The van der Waals surface area contributed by atoms with E-state index in [9.17, 15) is 9.18 Å². The third kappa shape index (κ3) is 3.99. The van der Waals surface area contributed by atoms with Crippen LogP contribution in [0, 0.1) is 5.82 Å². The smallest absolute Gasteiger partial charge is 0.237 e. The van der Waals surface area contributed by atoms with Crippen LogP contribution >= 0.6 is 11.8 Å². The maximum atomic E-state index is 13.0. The van der Waals surface area contributed by atoms with Gasteiger partial charge in [0.25, 0.3) is 0 Å². The first kappa shape index (κ1) is 17.9. The molecule has 0 aliphatic rings. The van der Waals surface area contributed by atoms with Crippen LogP contribution in [0.3, 0.4) is 0 Å². The number of aromatic nitrogens is 4. The van der Waals surface area contributed by atoms with Gasteiger partial charge in [0, 0.05) is 5.69 Å². The first-order chi connectivity index (χ1) is 12.6. The zero-order chi connectivity index (χ0) is 18.5. The van der Waals surface area contributed by atoms with Crippen LogP contribution in [0.5, 0.6) is 5.75 Å². The lowest BCUT2D eigenvalue weighted by Gasteiger charge is -2.13. The fraction of sp³-hybridized carbons (Fsp3) is 0.176. The number of ether oxygens (including phenoxy) is 1. The number of tetrazole rings is 1. The van der Waals surface area contributed by atoms with E-state index in [1.54, 1.807) is 20.1 Å². The molecule has 1 amide bonds. The molecule has 0 radical (unpaired) electrons. The number of carbonyl (C=O) groups is 1. The van der Waals surface area contributed by atoms with Crippen LogP contribution in [0.2, 0.25) is 0 Å². The minimum atomic E-state index is -0.473. The molecule has 3 rings (SSSR count). The topological polar surface area (TPSA) is 81.9 Å². The Hall–Kier alpha value is -2.94. The van der Waals surface area contributed by atoms with Gasteiger partial charge in [0.15, 0.2) is 0 Å².